The Kier molecular flexibility index (Phi) is 5.53. The van der Waals surface area contributed by atoms with E-state index in [1.54, 1.807) is 21.9 Å². The molecule has 1 amide bonds. The predicted octanol–water partition coefficient (Wildman–Crippen LogP) is 1.37. The molecule has 5 rings (SSSR count). The van der Waals surface area contributed by atoms with Crippen LogP contribution in [-0.4, -0.2) is 97.4 Å². The molecule has 35 heavy (non-hydrogen) atoms. The number of hydrogen-bond donors (Lipinski definition) is 1. The van der Waals surface area contributed by atoms with E-state index in [1.165, 1.54) is 15.7 Å². The zero-order chi connectivity index (χ0) is 25.0. The summed E-state index contributed by atoms with van der Waals surface area (Å²) in [6.45, 7) is 0.147. The number of amides is 1. The van der Waals surface area contributed by atoms with E-state index in [9.17, 15) is 22.4 Å². The lowest BCUT2D eigenvalue weighted by molar-refractivity contribution is -0.207. The molecule has 0 unspecified atom stereocenters. The van der Waals surface area contributed by atoms with Gasteiger partial charge in [-0.25, -0.2) is 8.78 Å². The van der Waals surface area contributed by atoms with Crippen molar-refractivity contribution in [3.63, 3.8) is 0 Å². The summed E-state index contributed by atoms with van der Waals surface area (Å²) >= 11 is 0. The molecule has 2 N–H and O–H groups in total. The monoisotopic (exact) mass is 497 g/mol. The molecule has 0 saturated carbocycles. The molecule has 0 spiro atoms. The third-order valence-electron chi connectivity index (χ3n) is 6.27. The van der Waals surface area contributed by atoms with Gasteiger partial charge in [-0.1, -0.05) is 0 Å². The highest BCUT2D eigenvalue weighted by Crippen LogP contribution is 2.34. The minimum atomic E-state index is -4.14. The molecule has 15 heteroatoms. The molecule has 5 heterocycles. The zero-order valence-corrected chi connectivity index (χ0v) is 18.7. The third kappa shape index (κ3) is 4.24. The van der Waals surface area contributed by atoms with Crippen LogP contribution < -0.4 is 10.6 Å². The number of nitrogen functional groups attached to an aromatic ring is 1. The highest BCUT2D eigenvalue weighted by atomic mass is 19.3. The van der Waals surface area contributed by atoms with Crippen LogP contribution in [0.5, 0.6) is 0 Å². The van der Waals surface area contributed by atoms with Gasteiger partial charge in [0.05, 0.1) is 12.8 Å². The molecule has 2 fully saturated rings. The number of hydrogen-bond acceptors (Lipinski definition) is 9. The van der Waals surface area contributed by atoms with Gasteiger partial charge in [-0.3, -0.25) is 9.69 Å². The Bertz CT molecular complexity index is 1220. The SMILES string of the molecule is CC(F)(F)C(F)(F)CN1CCN(C(=O)[C@@H]2CCN2c2nc(N)n3nc(-c4ccco4)nc3n2)CC1. The van der Waals surface area contributed by atoms with Gasteiger partial charge >= 0.3 is 11.8 Å². The lowest BCUT2D eigenvalue weighted by Crippen LogP contribution is -2.61. The largest absolute Gasteiger partial charge is 0.461 e. The van der Waals surface area contributed by atoms with Crippen LogP contribution in [0, 0.1) is 0 Å². The summed E-state index contributed by atoms with van der Waals surface area (Å²) in [6, 6.07) is 2.85. The highest BCUT2D eigenvalue weighted by molar-refractivity contribution is 5.86. The number of fused-ring (bicyclic) bond motifs is 1. The van der Waals surface area contributed by atoms with Crippen molar-refractivity contribution < 1.29 is 26.8 Å². The maximum absolute atomic E-state index is 13.7. The van der Waals surface area contributed by atoms with Crippen LogP contribution in [-0.2, 0) is 4.79 Å². The van der Waals surface area contributed by atoms with Crippen molar-refractivity contribution in [3.8, 4) is 11.6 Å². The Labute approximate surface area is 196 Å². The number of nitrogens with two attached hydrogens (primary N) is 1. The van der Waals surface area contributed by atoms with E-state index in [0.717, 1.165) is 0 Å². The lowest BCUT2D eigenvalue weighted by atomic mass is 10.0. The number of nitrogens with zero attached hydrogens (tertiary/aromatic N) is 8. The topological polar surface area (TPSA) is 122 Å². The van der Waals surface area contributed by atoms with Crippen LogP contribution in [0.15, 0.2) is 22.8 Å². The van der Waals surface area contributed by atoms with Gasteiger partial charge in [0.2, 0.25) is 23.6 Å². The molecule has 0 radical (unpaired) electrons. The fraction of sp³-hybridized carbons (Fsp3) is 0.550. The van der Waals surface area contributed by atoms with E-state index in [2.05, 4.69) is 20.1 Å². The van der Waals surface area contributed by atoms with Gasteiger partial charge < -0.3 is 20.0 Å². The van der Waals surface area contributed by atoms with Crippen molar-refractivity contribution in [3.05, 3.63) is 18.4 Å². The summed E-state index contributed by atoms with van der Waals surface area (Å²) in [4.78, 5) is 30.5. The van der Waals surface area contributed by atoms with Crippen molar-refractivity contribution in [1.82, 2.24) is 34.4 Å². The van der Waals surface area contributed by atoms with Crippen LogP contribution in [0.2, 0.25) is 0 Å². The number of alkyl halides is 4. The highest BCUT2D eigenvalue weighted by Gasteiger charge is 2.53. The Morgan fingerprint density at radius 2 is 1.89 bits per heavy atom. The molecule has 2 aliphatic rings. The number of aromatic nitrogens is 5. The van der Waals surface area contributed by atoms with Crippen LogP contribution in [0.25, 0.3) is 17.4 Å². The van der Waals surface area contributed by atoms with Gasteiger partial charge in [-0.2, -0.15) is 28.2 Å². The molecular weight excluding hydrogens is 474 g/mol. The number of furan rings is 1. The molecule has 3 aromatic rings. The first kappa shape index (κ1) is 23.3. The second kappa shape index (κ2) is 8.32. The van der Waals surface area contributed by atoms with Crippen molar-refractivity contribution in [1.29, 1.82) is 0 Å². The summed E-state index contributed by atoms with van der Waals surface area (Å²) in [6.07, 6.45) is 2.04. The molecule has 188 valence electrons. The predicted molar refractivity (Wildman–Crippen MR) is 115 cm³/mol. The number of piperazine rings is 1. The number of carbonyl (C=O) groups is 1. The normalized spacial score (nSPS) is 19.9. The van der Waals surface area contributed by atoms with Gasteiger partial charge in [0.1, 0.15) is 6.04 Å². The van der Waals surface area contributed by atoms with Crippen molar-refractivity contribution in [2.24, 2.45) is 0 Å². The maximum atomic E-state index is 13.7. The van der Waals surface area contributed by atoms with E-state index < -0.39 is 24.4 Å². The second-order valence-corrected chi connectivity index (χ2v) is 8.70. The number of anilines is 2. The molecule has 0 aliphatic carbocycles. The maximum Gasteiger partial charge on any atom is 0.322 e. The van der Waals surface area contributed by atoms with Crippen molar-refractivity contribution in [2.45, 2.75) is 31.2 Å². The minimum Gasteiger partial charge on any atom is -0.461 e. The van der Waals surface area contributed by atoms with Crippen LogP contribution in [0.1, 0.15) is 13.3 Å². The standard InChI is InChI=1S/C20H23F4N9O2/c1-19(21,22)20(23,24)11-30-6-8-31(9-7-30)15(34)12-4-5-32(12)17-27-16(25)33-18(28-17)26-14(29-33)13-3-2-10-35-13/h2-3,10,12H,4-9,11H2,1H3,(H2,25,26,27,28,29)/t12-/m0/s1. The fourth-order valence-corrected chi connectivity index (χ4v) is 4.07. The van der Waals surface area contributed by atoms with Crippen LogP contribution >= 0.6 is 0 Å². The van der Waals surface area contributed by atoms with Crippen LogP contribution in [0.3, 0.4) is 0 Å². The Balaban J connectivity index is 1.25. The molecule has 0 bridgehead atoms. The molecule has 1 atom stereocenters. The zero-order valence-electron chi connectivity index (χ0n) is 18.7. The molecule has 2 aliphatic heterocycles. The summed E-state index contributed by atoms with van der Waals surface area (Å²) in [5.41, 5.74) is 6.04. The van der Waals surface area contributed by atoms with E-state index >= 15 is 0 Å². The summed E-state index contributed by atoms with van der Waals surface area (Å²) in [5.74, 6) is -7.28. The Morgan fingerprint density at radius 1 is 1.14 bits per heavy atom. The van der Waals surface area contributed by atoms with E-state index in [4.69, 9.17) is 10.2 Å². The average Bonchev–Trinajstić information content (AvgIpc) is 3.42. The molecule has 3 aromatic heterocycles. The van der Waals surface area contributed by atoms with Crippen molar-refractivity contribution in [2.75, 3.05) is 49.9 Å². The summed E-state index contributed by atoms with van der Waals surface area (Å²) in [5, 5.41) is 4.24. The van der Waals surface area contributed by atoms with Gasteiger partial charge in [-0.05, 0) is 18.6 Å². The second-order valence-electron chi connectivity index (χ2n) is 8.70. The van der Waals surface area contributed by atoms with Crippen LogP contribution in [0.4, 0.5) is 29.5 Å². The van der Waals surface area contributed by atoms with Gasteiger partial charge in [-0.15, -0.1) is 5.10 Å². The molecule has 2 saturated heterocycles. The van der Waals surface area contributed by atoms with Gasteiger partial charge in [0.25, 0.3) is 5.78 Å². The molecule has 0 aromatic carbocycles. The quantitative estimate of drug-likeness (QED) is 0.503. The Hall–Kier alpha value is -3.49. The average molecular weight is 497 g/mol. The number of halogens is 4. The van der Waals surface area contributed by atoms with Gasteiger partial charge in [0.15, 0.2) is 5.76 Å². The van der Waals surface area contributed by atoms with Gasteiger partial charge in [0, 0.05) is 39.6 Å². The Morgan fingerprint density at radius 3 is 2.49 bits per heavy atom. The number of carbonyl (C=O) groups excluding carboxylic acids is 1. The lowest BCUT2D eigenvalue weighted by Gasteiger charge is -2.44. The minimum absolute atomic E-state index is 0.0377. The summed E-state index contributed by atoms with van der Waals surface area (Å²) < 4.78 is 60.3. The number of rotatable bonds is 6. The van der Waals surface area contributed by atoms with E-state index in [-0.39, 0.29) is 62.5 Å². The van der Waals surface area contributed by atoms with Crippen molar-refractivity contribution >= 4 is 23.6 Å². The third-order valence-corrected chi connectivity index (χ3v) is 6.27. The van der Waals surface area contributed by atoms with E-state index in [0.29, 0.717) is 18.7 Å². The molecule has 11 nitrogen and oxygen atoms in total. The van der Waals surface area contributed by atoms with E-state index in [1.807, 2.05) is 0 Å². The first-order valence-electron chi connectivity index (χ1n) is 11.0. The first-order valence-corrected chi connectivity index (χ1v) is 11.0. The summed E-state index contributed by atoms with van der Waals surface area (Å²) in [7, 11) is 0. The first-order chi connectivity index (χ1) is 16.5. The fourth-order valence-electron chi connectivity index (χ4n) is 4.07. The smallest absolute Gasteiger partial charge is 0.322 e. The molecular formula is C20H23F4N9O2.